The standard InChI is InChI=1S/C15H21F3N2O3/c1-3-11(21)6-7-19-14(22)20-9-10-4-5-12(23-2)8-13(10)15(16,17)18/h4-5,8,11,21H,3,6-7,9H2,1-2H3,(H2,19,20,22). The van der Waals surface area contributed by atoms with Crippen molar-refractivity contribution in [3.05, 3.63) is 29.3 Å². The number of hydrogen-bond donors (Lipinski definition) is 3. The summed E-state index contributed by atoms with van der Waals surface area (Å²) in [4.78, 5) is 11.6. The molecule has 0 aliphatic rings. The zero-order valence-corrected chi connectivity index (χ0v) is 13.0. The number of aliphatic hydroxyl groups is 1. The Labute approximate surface area is 132 Å². The molecule has 0 aliphatic carbocycles. The van der Waals surface area contributed by atoms with Crippen LogP contribution in [0.1, 0.15) is 30.9 Å². The number of halogens is 3. The number of aliphatic hydroxyl groups excluding tert-OH is 1. The Kier molecular flexibility index (Phi) is 7.15. The zero-order valence-electron chi connectivity index (χ0n) is 13.0. The van der Waals surface area contributed by atoms with Crippen molar-refractivity contribution in [3.63, 3.8) is 0 Å². The molecule has 0 aromatic heterocycles. The van der Waals surface area contributed by atoms with Crippen LogP contribution in [0.15, 0.2) is 18.2 Å². The molecule has 0 radical (unpaired) electrons. The lowest BCUT2D eigenvalue weighted by atomic mass is 10.1. The molecule has 0 spiro atoms. The maximum Gasteiger partial charge on any atom is 0.416 e. The van der Waals surface area contributed by atoms with Gasteiger partial charge in [0.25, 0.3) is 0 Å². The lowest BCUT2D eigenvalue weighted by Crippen LogP contribution is -2.36. The van der Waals surface area contributed by atoms with E-state index in [1.165, 1.54) is 19.2 Å². The summed E-state index contributed by atoms with van der Waals surface area (Å²) in [7, 11) is 1.28. The summed E-state index contributed by atoms with van der Waals surface area (Å²) in [5.41, 5.74) is -0.902. The fourth-order valence-electron chi connectivity index (χ4n) is 1.90. The Morgan fingerprint density at radius 2 is 2.04 bits per heavy atom. The molecule has 130 valence electrons. The summed E-state index contributed by atoms with van der Waals surface area (Å²) in [6.07, 6.45) is -4.08. The molecular formula is C15H21F3N2O3. The van der Waals surface area contributed by atoms with Crippen molar-refractivity contribution in [2.24, 2.45) is 0 Å². The molecule has 3 N–H and O–H groups in total. The van der Waals surface area contributed by atoms with Crippen molar-refractivity contribution in [2.45, 2.75) is 38.6 Å². The Hall–Kier alpha value is -1.96. The van der Waals surface area contributed by atoms with Gasteiger partial charge in [0.2, 0.25) is 0 Å². The Bertz CT molecular complexity index is 521. The number of amides is 2. The highest BCUT2D eigenvalue weighted by Crippen LogP contribution is 2.34. The van der Waals surface area contributed by atoms with E-state index in [0.29, 0.717) is 12.8 Å². The molecular weight excluding hydrogens is 313 g/mol. The largest absolute Gasteiger partial charge is 0.497 e. The van der Waals surface area contributed by atoms with Crippen LogP contribution < -0.4 is 15.4 Å². The van der Waals surface area contributed by atoms with Crippen LogP contribution in [0.3, 0.4) is 0 Å². The highest BCUT2D eigenvalue weighted by atomic mass is 19.4. The predicted octanol–water partition coefficient (Wildman–Crippen LogP) is 2.67. The minimum absolute atomic E-state index is 0.0537. The maximum atomic E-state index is 13.0. The fraction of sp³-hybridized carbons (Fsp3) is 0.533. The molecule has 0 saturated heterocycles. The molecule has 1 atom stereocenters. The summed E-state index contributed by atoms with van der Waals surface area (Å²) >= 11 is 0. The smallest absolute Gasteiger partial charge is 0.416 e. The molecule has 1 unspecified atom stereocenters. The third-order valence-corrected chi connectivity index (χ3v) is 3.30. The molecule has 1 aromatic rings. The molecule has 2 amide bonds. The van der Waals surface area contributed by atoms with Crippen molar-refractivity contribution in [1.29, 1.82) is 0 Å². The van der Waals surface area contributed by atoms with Crippen LogP contribution >= 0.6 is 0 Å². The topological polar surface area (TPSA) is 70.6 Å². The van der Waals surface area contributed by atoms with E-state index in [0.717, 1.165) is 6.07 Å². The molecule has 0 aliphatic heterocycles. The van der Waals surface area contributed by atoms with Gasteiger partial charge in [0.1, 0.15) is 5.75 Å². The summed E-state index contributed by atoms with van der Waals surface area (Å²) in [6.45, 7) is 1.80. The molecule has 23 heavy (non-hydrogen) atoms. The van der Waals surface area contributed by atoms with Crippen molar-refractivity contribution < 1.29 is 27.8 Å². The van der Waals surface area contributed by atoms with Gasteiger partial charge in [-0.05, 0) is 30.5 Å². The second-order valence-corrected chi connectivity index (χ2v) is 4.98. The Balaban J connectivity index is 2.62. The highest BCUT2D eigenvalue weighted by Gasteiger charge is 2.33. The van der Waals surface area contributed by atoms with Crippen LogP contribution in [0.2, 0.25) is 0 Å². The monoisotopic (exact) mass is 334 g/mol. The Morgan fingerprint density at radius 3 is 2.61 bits per heavy atom. The molecule has 0 fully saturated rings. The number of hydrogen-bond acceptors (Lipinski definition) is 3. The van der Waals surface area contributed by atoms with Gasteiger partial charge in [-0.15, -0.1) is 0 Å². The molecule has 8 heteroatoms. The number of methoxy groups -OCH3 is 1. The average molecular weight is 334 g/mol. The average Bonchev–Trinajstić information content (AvgIpc) is 2.51. The lowest BCUT2D eigenvalue weighted by Gasteiger charge is -2.15. The van der Waals surface area contributed by atoms with Crippen LogP contribution in [0, 0.1) is 0 Å². The van der Waals surface area contributed by atoms with Gasteiger partial charge in [-0.1, -0.05) is 13.0 Å². The van der Waals surface area contributed by atoms with E-state index in [-0.39, 0.29) is 24.4 Å². The van der Waals surface area contributed by atoms with E-state index < -0.39 is 23.9 Å². The van der Waals surface area contributed by atoms with Crippen molar-refractivity contribution in [3.8, 4) is 5.75 Å². The third kappa shape index (κ3) is 6.35. The third-order valence-electron chi connectivity index (χ3n) is 3.30. The van der Waals surface area contributed by atoms with Crippen LogP contribution in [0.25, 0.3) is 0 Å². The summed E-state index contributed by atoms with van der Waals surface area (Å²) in [5.74, 6) is 0.0964. The first-order valence-electron chi connectivity index (χ1n) is 7.21. The maximum absolute atomic E-state index is 13.0. The van der Waals surface area contributed by atoms with Crippen LogP contribution in [-0.4, -0.2) is 30.9 Å². The molecule has 0 saturated carbocycles. The van der Waals surface area contributed by atoms with Gasteiger partial charge in [-0.3, -0.25) is 0 Å². The van der Waals surface area contributed by atoms with Crippen LogP contribution in [0.5, 0.6) is 5.75 Å². The molecule has 0 bridgehead atoms. The number of nitrogens with one attached hydrogen (secondary N) is 2. The first-order valence-corrected chi connectivity index (χ1v) is 7.21. The van der Waals surface area contributed by atoms with Gasteiger partial charge in [0, 0.05) is 13.1 Å². The van der Waals surface area contributed by atoms with E-state index >= 15 is 0 Å². The minimum atomic E-state index is -4.53. The van der Waals surface area contributed by atoms with E-state index in [2.05, 4.69) is 10.6 Å². The number of carbonyl (C=O) groups excluding carboxylic acids is 1. The number of benzene rings is 1. The van der Waals surface area contributed by atoms with E-state index in [9.17, 15) is 23.1 Å². The van der Waals surface area contributed by atoms with E-state index in [1.807, 2.05) is 6.92 Å². The molecule has 5 nitrogen and oxygen atoms in total. The lowest BCUT2D eigenvalue weighted by molar-refractivity contribution is -0.138. The van der Waals surface area contributed by atoms with Gasteiger partial charge in [0.15, 0.2) is 0 Å². The van der Waals surface area contributed by atoms with Crippen LogP contribution in [0.4, 0.5) is 18.0 Å². The van der Waals surface area contributed by atoms with Crippen molar-refractivity contribution >= 4 is 6.03 Å². The summed E-state index contributed by atoms with van der Waals surface area (Å²) in [6, 6.07) is 2.98. The predicted molar refractivity (Wildman–Crippen MR) is 79.1 cm³/mol. The second-order valence-electron chi connectivity index (χ2n) is 4.98. The highest BCUT2D eigenvalue weighted by molar-refractivity contribution is 5.73. The number of urea groups is 1. The number of carbonyl (C=O) groups is 1. The SMILES string of the molecule is CCC(O)CCNC(=O)NCc1ccc(OC)cc1C(F)(F)F. The number of rotatable bonds is 7. The molecule has 0 heterocycles. The second kappa shape index (κ2) is 8.61. The first kappa shape index (κ1) is 19.1. The number of alkyl halides is 3. The normalized spacial score (nSPS) is 12.6. The van der Waals surface area contributed by atoms with E-state index in [1.54, 1.807) is 0 Å². The van der Waals surface area contributed by atoms with Crippen molar-refractivity contribution in [1.82, 2.24) is 10.6 Å². The molecule has 1 aromatic carbocycles. The number of ether oxygens (including phenoxy) is 1. The van der Waals surface area contributed by atoms with Gasteiger partial charge in [-0.2, -0.15) is 13.2 Å². The van der Waals surface area contributed by atoms with E-state index in [4.69, 9.17) is 4.74 Å². The summed E-state index contributed by atoms with van der Waals surface area (Å²) < 4.78 is 43.8. The minimum Gasteiger partial charge on any atom is -0.497 e. The van der Waals surface area contributed by atoms with Gasteiger partial charge >= 0.3 is 12.2 Å². The van der Waals surface area contributed by atoms with Crippen molar-refractivity contribution in [2.75, 3.05) is 13.7 Å². The first-order chi connectivity index (χ1) is 10.8. The van der Waals surface area contributed by atoms with Gasteiger partial charge in [-0.25, -0.2) is 4.79 Å². The molecule has 1 rings (SSSR count). The fourth-order valence-corrected chi connectivity index (χ4v) is 1.90. The zero-order chi connectivity index (χ0) is 17.5. The van der Waals surface area contributed by atoms with Crippen LogP contribution in [-0.2, 0) is 12.7 Å². The van der Waals surface area contributed by atoms with Gasteiger partial charge in [0.05, 0.1) is 18.8 Å². The summed E-state index contributed by atoms with van der Waals surface area (Å²) in [5, 5.41) is 14.2. The van der Waals surface area contributed by atoms with Gasteiger partial charge < -0.3 is 20.5 Å². The quantitative estimate of drug-likeness (QED) is 0.718. The Morgan fingerprint density at radius 1 is 1.35 bits per heavy atom.